The smallest absolute Gasteiger partial charge is 0.306 e. The minimum Gasteiger partial charge on any atom is -0.462 e. The molecule has 1 unspecified atom stereocenters. The zero-order valence-corrected chi connectivity index (χ0v) is 19.1. The number of nitrogens with two attached hydrogens (primary N) is 1. The summed E-state index contributed by atoms with van der Waals surface area (Å²) >= 11 is 0. The lowest BCUT2D eigenvalue weighted by Crippen LogP contribution is -2.17. The van der Waals surface area contributed by atoms with Gasteiger partial charge in [-0.05, 0) is 64.6 Å². The Morgan fingerprint density at radius 1 is 0.786 bits per heavy atom. The largest absolute Gasteiger partial charge is 0.462 e. The Bertz CT molecular complexity index is 324. The van der Waals surface area contributed by atoms with Gasteiger partial charge in [0.2, 0.25) is 0 Å². The van der Waals surface area contributed by atoms with Gasteiger partial charge in [0, 0.05) is 6.42 Å². The van der Waals surface area contributed by atoms with Crippen molar-refractivity contribution in [2.75, 3.05) is 19.6 Å². The molecule has 0 aliphatic heterocycles. The zero-order valence-electron chi connectivity index (χ0n) is 19.1. The van der Waals surface area contributed by atoms with E-state index in [1.165, 1.54) is 77.0 Å². The molecule has 0 aliphatic rings. The first-order valence-corrected chi connectivity index (χ1v) is 12.3. The monoisotopic (exact) mass is 398 g/mol. The number of ether oxygens (including phenoxy) is 1. The second-order valence-electron chi connectivity index (χ2n) is 8.19. The topological polar surface area (TPSA) is 64.3 Å². The van der Waals surface area contributed by atoms with Crippen LogP contribution < -0.4 is 11.1 Å². The second-order valence-corrected chi connectivity index (χ2v) is 8.19. The molecule has 28 heavy (non-hydrogen) atoms. The van der Waals surface area contributed by atoms with Crippen molar-refractivity contribution in [2.45, 2.75) is 129 Å². The van der Waals surface area contributed by atoms with E-state index in [2.05, 4.69) is 19.2 Å². The Balaban J connectivity index is 3.30. The molecule has 0 aromatic rings. The summed E-state index contributed by atoms with van der Waals surface area (Å²) < 4.78 is 5.61. The van der Waals surface area contributed by atoms with Crippen LogP contribution in [0.4, 0.5) is 0 Å². The van der Waals surface area contributed by atoms with Crippen LogP contribution in [-0.2, 0) is 9.53 Å². The van der Waals surface area contributed by atoms with Gasteiger partial charge in [-0.15, -0.1) is 0 Å². The van der Waals surface area contributed by atoms with Crippen molar-refractivity contribution in [3.63, 3.8) is 0 Å². The third kappa shape index (κ3) is 20.1. The predicted octanol–water partition coefficient (Wildman–Crippen LogP) is 6.12. The van der Waals surface area contributed by atoms with Gasteiger partial charge in [0.15, 0.2) is 0 Å². The first kappa shape index (κ1) is 27.4. The quantitative estimate of drug-likeness (QED) is 0.170. The third-order valence-corrected chi connectivity index (χ3v) is 5.43. The van der Waals surface area contributed by atoms with Crippen molar-refractivity contribution in [3.05, 3.63) is 0 Å². The van der Waals surface area contributed by atoms with E-state index in [4.69, 9.17) is 10.5 Å². The van der Waals surface area contributed by atoms with Crippen LogP contribution in [0.25, 0.3) is 0 Å². The number of carbonyl (C=O) groups is 1. The van der Waals surface area contributed by atoms with Crippen molar-refractivity contribution < 1.29 is 9.53 Å². The normalized spacial score (nSPS) is 12.2. The van der Waals surface area contributed by atoms with E-state index in [-0.39, 0.29) is 12.1 Å². The number of esters is 1. The molecule has 0 aromatic heterocycles. The fraction of sp³-hybridized carbons (Fsp3) is 0.958. The van der Waals surface area contributed by atoms with Gasteiger partial charge in [0.25, 0.3) is 0 Å². The number of rotatable bonds is 22. The van der Waals surface area contributed by atoms with Crippen molar-refractivity contribution in [3.8, 4) is 0 Å². The van der Waals surface area contributed by atoms with Gasteiger partial charge in [-0.25, -0.2) is 0 Å². The van der Waals surface area contributed by atoms with Gasteiger partial charge in [-0.2, -0.15) is 0 Å². The maximum atomic E-state index is 11.9. The standard InChI is InChI=1S/C24H50N2O2/c1-3-5-13-18-23(4-2)28-24(27)19-14-9-12-17-22-26-21-16-11-8-6-7-10-15-20-25/h23,26H,3-22,25H2,1-2H3. The molecule has 0 fully saturated rings. The summed E-state index contributed by atoms with van der Waals surface area (Å²) in [4.78, 5) is 11.9. The van der Waals surface area contributed by atoms with Gasteiger partial charge in [0.1, 0.15) is 6.10 Å². The van der Waals surface area contributed by atoms with Crippen LogP contribution in [-0.4, -0.2) is 31.7 Å². The first-order valence-electron chi connectivity index (χ1n) is 12.3. The van der Waals surface area contributed by atoms with Gasteiger partial charge < -0.3 is 15.8 Å². The Kier molecular flexibility index (Phi) is 22.2. The maximum Gasteiger partial charge on any atom is 0.306 e. The summed E-state index contributed by atoms with van der Waals surface area (Å²) in [6.45, 7) is 7.41. The van der Waals surface area contributed by atoms with Crippen LogP contribution in [0.15, 0.2) is 0 Å². The minimum absolute atomic E-state index is 0.00417. The van der Waals surface area contributed by atoms with Gasteiger partial charge in [-0.1, -0.05) is 71.6 Å². The molecular formula is C24H50N2O2. The summed E-state index contributed by atoms with van der Waals surface area (Å²) in [5.74, 6) is 0.00417. The molecule has 0 saturated carbocycles. The summed E-state index contributed by atoms with van der Waals surface area (Å²) in [5.41, 5.74) is 5.50. The highest BCUT2D eigenvalue weighted by Crippen LogP contribution is 2.12. The lowest BCUT2D eigenvalue weighted by molar-refractivity contribution is -0.149. The van der Waals surface area contributed by atoms with Crippen molar-refractivity contribution in [1.82, 2.24) is 5.32 Å². The summed E-state index contributed by atoms with van der Waals surface area (Å²) in [6.07, 6.45) is 20.0. The molecule has 0 spiro atoms. The van der Waals surface area contributed by atoms with E-state index < -0.39 is 0 Å². The number of nitrogens with one attached hydrogen (secondary N) is 1. The van der Waals surface area contributed by atoms with Crippen LogP contribution >= 0.6 is 0 Å². The average Bonchev–Trinajstić information content (AvgIpc) is 2.70. The lowest BCUT2D eigenvalue weighted by Gasteiger charge is -2.16. The Labute approximate surface area is 175 Å². The fourth-order valence-electron chi connectivity index (χ4n) is 3.49. The molecule has 0 aromatic carbocycles. The van der Waals surface area contributed by atoms with Crippen LogP contribution in [0.2, 0.25) is 0 Å². The van der Waals surface area contributed by atoms with Crippen LogP contribution in [0.3, 0.4) is 0 Å². The van der Waals surface area contributed by atoms with Crippen molar-refractivity contribution in [1.29, 1.82) is 0 Å². The highest BCUT2D eigenvalue weighted by molar-refractivity contribution is 5.69. The molecule has 0 saturated heterocycles. The minimum atomic E-state index is 0.00417. The van der Waals surface area contributed by atoms with Gasteiger partial charge in [-0.3, -0.25) is 4.79 Å². The van der Waals surface area contributed by atoms with Gasteiger partial charge in [0.05, 0.1) is 0 Å². The van der Waals surface area contributed by atoms with E-state index in [1.807, 2.05) is 0 Å². The third-order valence-electron chi connectivity index (χ3n) is 5.43. The van der Waals surface area contributed by atoms with E-state index in [0.717, 1.165) is 45.3 Å². The zero-order chi connectivity index (χ0) is 20.7. The Morgan fingerprint density at radius 3 is 1.93 bits per heavy atom. The Morgan fingerprint density at radius 2 is 1.36 bits per heavy atom. The lowest BCUT2D eigenvalue weighted by atomic mass is 10.1. The molecule has 168 valence electrons. The van der Waals surface area contributed by atoms with E-state index >= 15 is 0 Å². The van der Waals surface area contributed by atoms with E-state index in [9.17, 15) is 4.79 Å². The van der Waals surface area contributed by atoms with E-state index in [1.54, 1.807) is 0 Å². The molecule has 0 aliphatic carbocycles. The molecule has 0 amide bonds. The molecule has 0 heterocycles. The molecule has 3 N–H and O–H groups in total. The number of hydrogen-bond acceptors (Lipinski definition) is 4. The number of hydrogen-bond donors (Lipinski definition) is 2. The molecule has 4 heteroatoms. The molecule has 0 bridgehead atoms. The Hall–Kier alpha value is -0.610. The average molecular weight is 399 g/mol. The molecule has 4 nitrogen and oxygen atoms in total. The van der Waals surface area contributed by atoms with Gasteiger partial charge >= 0.3 is 5.97 Å². The number of unbranched alkanes of at least 4 members (excludes halogenated alkanes) is 11. The summed E-state index contributed by atoms with van der Waals surface area (Å²) in [6, 6.07) is 0. The highest BCUT2D eigenvalue weighted by Gasteiger charge is 2.11. The van der Waals surface area contributed by atoms with E-state index in [0.29, 0.717) is 6.42 Å². The highest BCUT2D eigenvalue weighted by atomic mass is 16.5. The van der Waals surface area contributed by atoms with Crippen LogP contribution in [0, 0.1) is 0 Å². The molecule has 1 atom stereocenters. The molecule has 0 rings (SSSR count). The first-order chi connectivity index (χ1) is 13.7. The summed E-state index contributed by atoms with van der Waals surface area (Å²) in [7, 11) is 0. The van der Waals surface area contributed by atoms with Crippen molar-refractivity contribution in [2.24, 2.45) is 5.73 Å². The van der Waals surface area contributed by atoms with Crippen LogP contribution in [0.5, 0.6) is 0 Å². The predicted molar refractivity (Wildman–Crippen MR) is 122 cm³/mol. The molecular weight excluding hydrogens is 348 g/mol. The maximum absolute atomic E-state index is 11.9. The summed E-state index contributed by atoms with van der Waals surface area (Å²) in [5, 5.41) is 3.55. The number of carbonyl (C=O) groups excluding carboxylic acids is 1. The molecule has 0 radical (unpaired) electrons. The van der Waals surface area contributed by atoms with Crippen LogP contribution in [0.1, 0.15) is 123 Å². The fourth-order valence-corrected chi connectivity index (χ4v) is 3.49. The SMILES string of the molecule is CCCCCC(CC)OC(=O)CCCCCCNCCCCCCCCCN. The van der Waals surface area contributed by atoms with Crippen molar-refractivity contribution >= 4 is 5.97 Å². The second kappa shape index (κ2) is 22.7.